The van der Waals surface area contributed by atoms with Crippen LogP contribution in [0.5, 0.6) is 0 Å². The van der Waals surface area contributed by atoms with Crippen LogP contribution in [-0.4, -0.2) is 17.0 Å². The van der Waals surface area contributed by atoms with Crippen molar-refractivity contribution in [1.82, 2.24) is 0 Å². The molecule has 1 aromatic carbocycles. The van der Waals surface area contributed by atoms with E-state index < -0.39 is 53.4 Å². The molecule has 0 heterocycles. The van der Waals surface area contributed by atoms with Crippen LogP contribution in [0.1, 0.15) is 43.2 Å². The number of carbonyl (C=O) groups excluding carboxylic acids is 1. The molecule has 0 aliphatic heterocycles. The van der Waals surface area contributed by atoms with Gasteiger partial charge in [-0.2, -0.15) is 26.3 Å². The normalized spacial score (nSPS) is 16.3. The van der Waals surface area contributed by atoms with E-state index in [4.69, 9.17) is 5.11 Å². The highest BCUT2D eigenvalue weighted by molar-refractivity contribution is 5.96. The van der Waals surface area contributed by atoms with Gasteiger partial charge in [-0.25, -0.2) is 0 Å². The van der Waals surface area contributed by atoms with E-state index in [9.17, 15) is 35.9 Å². The van der Waals surface area contributed by atoms with Crippen LogP contribution in [0.15, 0.2) is 29.8 Å². The number of hydrogen-bond acceptors (Lipinski definition) is 2. The van der Waals surface area contributed by atoms with Crippen LogP contribution in [-0.2, 0) is 21.9 Å². The molecule has 0 saturated carbocycles. The summed E-state index contributed by atoms with van der Waals surface area (Å²) >= 11 is 0. The van der Waals surface area contributed by atoms with E-state index in [1.807, 2.05) is 5.32 Å². The van der Waals surface area contributed by atoms with E-state index in [1.165, 1.54) is 0 Å². The van der Waals surface area contributed by atoms with Crippen LogP contribution in [0.25, 0.3) is 0 Å². The average Bonchev–Trinajstić information content (AvgIpc) is 2.58. The summed E-state index contributed by atoms with van der Waals surface area (Å²) in [5.74, 6) is -3.42. The third-order valence-electron chi connectivity index (χ3n) is 4.32. The molecule has 0 aromatic heterocycles. The Morgan fingerprint density at radius 1 is 1.00 bits per heavy atom. The first kappa shape index (κ1) is 21.8. The Hall–Kier alpha value is -2.52. The number of rotatable bonds is 5. The maximum absolute atomic E-state index is 12.9. The maximum Gasteiger partial charge on any atom is 0.416 e. The number of carbonyl (C=O) groups is 2. The van der Waals surface area contributed by atoms with E-state index >= 15 is 0 Å². The van der Waals surface area contributed by atoms with Crippen LogP contribution in [0.3, 0.4) is 0 Å². The van der Waals surface area contributed by atoms with Gasteiger partial charge in [0.15, 0.2) is 0 Å². The minimum absolute atomic E-state index is 0.0476. The number of aliphatic carboxylic acids is 1. The Bertz CT molecular complexity index is 750. The van der Waals surface area contributed by atoms with Gasteiger partial charge in [-0.3, -0.25) is 9.59 Å². The molecule has 2 N–H and O–H groups in total. The predicted octanol–water partition coefficient (Wildman–Crippen LogP) is 5.25. The molecule has 1 unspecified atom stereocenters. The molecule has 1 amide bonds. The lowest BCUT2D eigenvalue weighted by Gasteiger charge is -2.22. The standard InChI is InChI=1S/C18H17F6NO3/c19-17(20,21)11-6-12(18(22,23)24)8-13(7-11)25-16(28)14(9-15(26)27)10-4-2-1-3-5-10/h4,6-8,14H,1-3,5,9H2,(H,25,28)(H,26,27). The lowest BCUT2D eigenvalue weighted by Crippen LogP contribution is -2.28. The van der Waals surface area contributed by atoms with E-state index in [0.717, 1.165) is 12.8 Å². The Balaban J connectivity index is 2.36. The van der Waals surface area contributed by atoms with Crippen LogP contribution < -0.4 is 5.32 Å². The number of halogens is 6. The number of amides is 1. The number of anilines is 1. The van der Waals surface area contributed by atoms with Gasteiger partial charge >= 0.3 is 18.3 Å². The summed E-state index contributed by atoms with van der Waals surface area (Å²) in [5.41, 5.74) is -3.30. The van der Waals surface area contributed by atoms with Gasteiger partial charge in [-0.1, -0.05) is 11.6 Å². The van der Waals surface area contributed by atoms with Gasteiger partial charge in [0.1, 0.15) is 0 Å². The van der Waals surface area contributed by atoms with Crippen molar-refractivity contribution in [1.29, 1.82) is 0 Å². The molecule has 0 bridgehead atoms. The average molecular weight is 409 g/mol. The molecular weight excluding hydrogens is 392 g/mol. The summed E-state index contributed by atoms with van der Waals surface area (Å²) in [7, 11) is 0. The van der Waals surface area contributed by atoms with E-state index in [2.05, 4.69) is 0 Å². The fraction of sp³-hybridized carbons (Fsp3) is 0.444. The molecule has 2 rings (SSSR count). The van der Waals surface area contributed by atoms with E-state index in [-0.39, 0.29) is 6.07 Å². The summed E-state index contributed by atoms with van der Waals surface area (Å²) < 4.78 is 77.6. The van der Waals surface area contributed by atoms with Crippen LogP contribution in [0.4, 0.5) is 32.0 Å². The number of benzene rings is 1. The quantitative estimate of drug-likeness (QED) is 0.515. The van der Waals surface area contributed by atoms with Gasteiger partial charge in [-0.05, 0) is 43.9 Å². The number of hydrogen-bond donors (Lipinski definition) is 2. The third kappa shape index (κ3) is 5.74. The Kier molecular flexibility index (Phi) is 6.41. The predicted molar refractivity (Wildman–Crippen MR) is 87.4 cm³/mol. The zero-order valence-electron chi connectivity index (χ0n) is 14.5. The van der Waals surface area contributed by atoms with Crippen molar-refractivity contribution in [3.05, 3.63) is 41.0 Å². The summed E-state index contributed by atoms with van der Waals surface area (Å²) in [5, 5.41) is 11.1. The summed E-state index contributed by atoms with van der Waals surface area (Å²) in [6.45, 7) is 0. The molecule has 154 valence electrons. The van der Waals surface area contributed by atoms with Gasteiger partial charge in [-0.15, -0.1) is 0 Å². The van der Waals surface area contributed by atoms with Crippen LogP contribution in [0.2, 0.25) is 0 Å². The van der Waals surface area contributed by atoms with Crippen LogP contribution >= 0.6 is 0 Å². The summed E-state index contributed by atoms with van der Waals surface area (Å²) in [6.07, 6.45) is -6.36. The van der Waals surface area contributed by atoms with Crippen molar-refractivity contribution in [3.63, 3.8) is 0 Å². The van der Waals surface area contributed by atoms with Crippen molar-refractivity contribution in [2.45, 2.75) is 44.5 Å². The molecule has 0 fully saturated rings. The highest BCUT2D eigenvalue weighted by atomic mass is 19.4. The molecule has 1 atom stereocenters. The summed E-state index contributed by atoms with van der Waals surface area (Å²) in [4.78, 5) is 23.6. The van der Waals surface area contributed by atoms with Crippen molar-refractivity contribution < 1.29 is 41.0 Å². The topological polar surface area (TPSA) is 66.4 Å². The largest absolute Gasteiger partial charge is 0.481 e. The molecule has 1 aliphatic rings. The number of nitrogens with one attached hydrogen (secondary N) is 1. The smallest absolute Gasteiger partial charge is 0.416 e. The molecular formula is C18H17F6NO3. The van der Waals surface area contributed by atoms with Crippen molar-refractivity contribution >= 4 is 17.6 Å². The zero-order valence-corrected chi connectivity index (χ0v) is 14.5. The first-order valence-corrected chi connectivity index (χ1v) is 8.39. The van der Waals surface area contributed by atoms with E-state index in [1.54, 1.807) is 6.08 Å². The monoisotopic (exact) mass is 409 g/mol. The lowest BCUT2D eigenvalue weighted by atomic mass is 9.86. The van der Waals surface area contributed by atoms with Gasteiger partial charge in [0.25, 0.3) is 0 Å². The number of allylic oxidation sites excluding steroid dienone is 1. The third-order valence-corrected chi connectivity index (χ3v) is 4.32. The number of carboxylic acid groups (broad SMARTS) is 1. The highest BCUT2D eigenvalue weighted by Gasteiger charge is 2.37. The number of alkyl halides is 6. The molecule has 0 saturated heterocycles. The van der Waals surface area contributed by atoms with Crippen molar-refractivity contribution in [2.75, 3.05) is 5.32 Å². The minimum atomic E-state index is -5.05. The molecule has 0 spiro atoms. The first-order chi connectivity index (χ1) is 12.9. The zero-order chi connectivity index (χ0) is 21.1. The van der Waals surface area contributed by atoms with Gasteiger partial charge in [0.05, 0.1) is 23.5 Å². The Morgan fingerprint density at radius 3 is 2.00 bits per heavy atom. The molecule has 4 nitrogen and oxygen atoms in total. The van der Waals surface area contributed by atoms with Gasteiger partial charge < -0.3 is 10.4 Å². The van der Waals surface area contributed by atoms with Gasteiger partial charge in [0, 0.05) is 5.69 Å². The second-order valence-electron chi connectivity index (χ2n) is 6.46. The minimum Gasteiger partial charge on any atom is -0.481 e. The molecule has 1 aliphatic carbocycles. The van der Waals surface area contributed by atoms with Crippen molar-refractivity contribution in [3.8, 4) is 0 Å². The van der Waals surface area contributed by atoms with Gasteiger partial charge in [0.2, 0.25) is 5.91 Å². The second-order valence-corrected chi connectivity index (χ2v) is 6.46. The summed E-state index contributed by atoms with van der Waals surface area (Å²) in [6, 6.07) is 0.731. The fourth-order valence-electron chi connectivity index (χ4n) is 3.00. The Morgan fingerprint density at radius 2 is 1.57 bits per heavy atom. The maximum atomic E-state index is 12.9. The number of carboxylic acids is 1. The van der Waals surface area contributed by atoms with Crippen molar-refractivity contribution in [2.24, 2.45) is 5.92 Å². The fourth-order valence-corrected chi connectivity index (χ4v) is 3.00. The molecule has 10 heteroatoms. The van der Waals surface area contributed by atoms with Crippen LogP contribution in [0, 0.1) is 5.92 Å². The van der Waals surface area contributed by atoms with E-state index in [0.29, 0.717) is 30.5 Å². The molecule has 0 radical (unpaired) electrons. The second kappa shape index (κ2) is 8.24. The molecule has 1 aromatic rings. The molecule has 28 heavy (non-hydrogen) atoms. The Labute approximate surface area is 156 Å². The lowest BCUT2D eigenvalue weighted by molar-refractivity contribution is -0.143. The highest BCUT2D eigenvalue weighted by Crippen LogP contribution is 2.38. The first-order valence-electron chi connectivity index (χ1n) is 8.39. The SMILES string of the molecule is O=C(O)CC(C(=O)Nc1cc(C(F)(F)F)cc(C(F)(F)F)c1)C1=CCCCC1.